The number of halogens is 3. The van der Waals surface area contributed by atoms with Crippen molar-refractivity contribution in [2.75, 3.05) is 12.8 Å². The molecule has 0 bridgehead atoms. The van der Waals surface area contributed by atoms with E-state index in [0.717, 1.165) is 6.26 Å². The average molecular weight is 231 g/mol. The van der Waals surface area contributed by atoms with E-state index >= 15 is 0 Å². The number of sulfonamides is 1. The third kappa shape index (κ3) is 8.06. The third-order valence-corrected chi connectivity index (χ3v) is 2.12. The molecule has 0 amide bonds. The monoisotopic (exact) mass is 231 g/mol. The van der Waals surface area contributed by atoms with Crippen LogP contribution < -0.4 is 4.72 Å². The summed E-state index contributed by atoms with van der Waals surface area (Å²) in [6, 6.07) is 0. The number of nitrogens with one attached hydrogen (secondary N) is 1. The highest BCUT2D eigenvalue weighted by molar-refractivity contribution is 7.88. The van der Waals surface area contributed by atoms with Gasteiger partial charge in [0.2, 0.25) is 10.0 Å². The van der Waals surface area contributed by atoms with Crippen LogP contribution in [0, 0.1) is 0 Å². The Kier molecular flexibility index (Phi) is 5.78. The van der Waals surface area contributed by atoms with Gasteiger partial charge >= 0.3 is 6.08 Å². The van der Waals surface area contributed by atoms with Crippen LogP contribution in [0.5, 0.6) is 0 Å². The molecule has 0 unspecified atom stereocenters. The summed E-state index contributed by atoms with van der Waals surface area (Å²) in [7, 11) is -3.25. The van der Waals surface area contributed by atoms with E-state index in [1.54, 1.807) is 0 Å². The minimum atomic E-state index is -3.25. The molecule has 0 fully saturated rings. The molecular weight excluding hydrogens is 219 g/mol. The molecule has 0 aromatic rings. The first-order chi connectivity index (χ1) is 6.33. The van der Waals surface area contributed by atoms with Gasteiger partial charge in [-0.25, -0.2) is 17.5 Å². The summed E-state index contributed by atoms with van der Waals surface area (Å²) in [5.74, 6) is -1.43. The van der Waals surface area contributed by atoms with Crippen molar-refractivity contribution < 1.29 is 21.6 Å². The molecule has 7 heteroatoms. The van der Waals surface area contributed by atoms with Crippen molar-refractivity contribution in [3.05, 3.63) is 11.9 Å². The highest BCUT2D eigenvalue weighted by Gasteiger charge is 2.04. The van der Waals surface area contributed by atoms with Crippen molar-refractivity contribution in [3.8, 4) is 0 Å². The Morgan fingerprint density at radius 3 is 2.21 bits per heavy atom. The van der Waals surface area contributed by atoms with Gasteiger partial charge in [0, 0.05) is 13.0 Å². The molecule has 14 heavy (non-hydrogen) atoms. The van der Waals surface area contributed by atoms with Gasteiger partial charge in [0.25, 0.3) is 0 Å². The average Bonchev–Trinajstić information content (AvgIpc) is 2.01. The molecule has 0 aliphatic heterocycles. The molecule has 0 saturated carbocycles. The molecule has 0 rings (SSSR count). The van der Waals surface area contributed by atoms with Crippen LogP contribution in [0.15, 0.2) is 11.9 Å². The summed E-state index contributed by atoms with van der Waals surface area (Å²) in [6.07, 6.45) is -1.15. The molecule has 0 saturated heterocycles. The molecule has 1 N–H and O–H groups in total. The van der Waals surface area contributed by atoms with Gasteiger partial charge < -0.3 is 0 Å². The molecule has 0 heterocycles. The Balaban J connectivity index is 3.54. The number of hydrogen-bond donors (Lipinski definition) is 1. The summed E-state index contributed by atoms with van der Waals surface area (Å²) in [6.45, 7) is 0.139. The Morgan fingerprint density at radius 2 is 1.79 bits per heavy atom. The van der Waals surface area contributed by atoms with Gasteiger partial charge in [-0.3, -0.25) is 0 Å². The fourth-order valence-electron chi connectivity index (χ4n) is 0.757. The van der Waals surface area contributed by atoms with Gasteiger partial charge in [0.1, 0.15) is 0 Å². The lowest BCUT2D eigenvalue weighted by molar-refractivity contribution is 0.367. The first-order valence-corrected chi connectivity index (χ1v) is 5.86. The first-order valence-electron chi connectivity index (χ1n) is 3.97. The molecule has 0 aromatic heterocycles. The molecular formula is C7H12F3NO2S. The van der Waals surface area contributed by atoms with Crippen molar-refractivity contribution in [1.29, 1.82) is 0 Å². The van der Waals surface area contributed by atoms with E-state index < -0.39 is 21.9 Å². The number of hydrogen-bond acceptors (Lipinski definition) is 2. The van der Waals surface area contributed by atoms with Crippen LogP contribution in [-0.2, 0) is 10.0 Å². The van der Waals surface area contributed by atoms with E-state index in [1.165, 1.54) is 0 Å². The number of unbranched alkanes of at least 4 members (excludes halogenated alkanes) is 1. The summed E-state index contributed by atoms with van der Waals surface area (Å²) < 4.78 is 58.4. The van der Waals surface area contributed by atoms with Crippen LogP contribution >= 0.6 is 0 Å². The Bertz CT molecular complexity index is 296. The van der Waals surface area contributed by atoms with Crippen molar-refractivity contribution in [3.63, 3.8) is 0 Å². The smallest absolute Gasteiger partial charge is 0.215 e. The third-order valence-electron chi connectivity index (χ3n) is 1.39. The molecule has 3 nitrogen and oxygen atoms in total. The second-order valence-electron chi connectivity index (χ2n) is 2.79. The molecule has 0 aliphatic rings. The zero-order valence-corrected chi connectivity index (χ0v) is 8.50. The maximum atomic E-state index is 12.2. The summed E-state index contributed by atoms with van der Waals surface area (Å²) in [5, 5.41) is 0. The quantitative estimate of drug-likeness (QED) is 0.708. The first kappa shape index (κ1) is 13.4. The number of allylic oxidation sites excluding steroid dienone is 1. The van der Waals surface area contributed by atoms with Gasteiger partial charge in [-0.05, 0) is 12.8 Å². The SMILES string of the molecule is CS(=O)(=O)NCCCCC(F)=C(F)F. The Hall–Kier alpha value is -0.560. The van der Waals surface area contributed by atoms with Crippen LogP contribution in [0.4, 0.5) is 13.2 Å². The summed E-state index contributed by atoms with van der Waals surface area (Å²) in [5.41, 5.74) is 0. The van der Waals surface area contributed by atoms with Gasteiger partial charge in [-0.2, -0.15) is 8.78 Å². The van der Waals surface area contributed by atoms with E-state index in [9.17, 15) is 21.6 Å². The maximum Gasteiger partial charge on any atom is 0.301 e. The van der Waals surface area contributed by atoms with Crippen LogP contribution in [0.2, 0.25) is 0 Å². The largest absolute Gasteiger partial charge is 0.301 e. The van der Waals surface area contributed by atoms with Crippen LogP contribution in [0.3, 0.4) is 0 Å². The molecule has 84 valence electrons. The van der Waals surface area contributed by atoms with Crippen LogP contribution in [0.1, 0.15) is 19.3 Å². The lowest BCUT2D eigenvalue weighted by Gasteiger charge is -2.00. The zero-order chi connectivity index (χ0) is 11.2. The summed E-state index contributed by atoms with van der Waals surface area (Å²) in [4.78, 5) is 0. The van der Waals surface area contributed by atoms with Gasteiger partial charge in [-0.15, -0.1) is 0 Å². The minimum Gasteiger partial charge on any atom is -0.215 e. The van der Waals surface area contributed by atoms with E-state index in [4.69, 9.17) is 0 Å². The van der Waals surface area contributed by atoms with E-state index in [1.807, 2.05) is 0 Å². The standard InChI is InChI=1S/C7H12F3NO2S/c1-14(12,13)11-5-3-2-4-6(8)7(9)10/h11H,2-5H2,1H3. The fraction of sp³-hybridized carbons (Fsp3) is 0.714. The predicted octanol–water partition coefficient (Wildman–Crippen LogP) is 1.78. The zero-order valence-electron chi connectivity index (χ0n) is 7.69. The topological polar surface area (TPSA) is 46.2 Å². The second kappa shape index (κ2) is 6.02. The number of rotatable bonds is 6. The van der Waals surface area contributed by atoms with Gasteiger partial charge in [-0.1, -0.05) is 0 Å². The molecule has 0 spiro atoms. The molecule has 0 aromatic carbocycles. The lowest BCUT2D eigenvalue weighted by atomic mass is 10.2. The van der Waals surface area contributed by atoms with Crippen molar-refractivity contribution in [2.24, 2.45) is 0 Å². The molecule has 0 atom stereocenters. The highest BCUT2D eigenvalue weighted by atomic mass is 32.2. The van der Waals surface area contributed by atoms with Gasteiger partial charge in [0.05, 0.1) is 6.26 Å². The van der Waals surface area contributed by atoms with E-state index in [2.05, 4.69) is 4.72 Å². The summed E-state index contributed by atoms with van der Waals surface area (Å²) >= 11 is 0. The lowest BCUT2D eigenvalue weighted by Crippen LogP contribution is -2.22. The predicted molar refractivity (Wildman–Crippen MR) is 47.0 cm³/mol. The van der Waals surface area contributed by atoms with Gasteiger partial charge in [0.15, 0.2) is 5.83 Å². The normalized spacial score (nSPS) is 11.4. The molecule has 0 aliphatic carbocycles. The van der Waals surface area contributed by atoms with Crippen LogP contribution in [-0.4, -0.2) is 21.2 Å². The minimum absolute atomic E-state index is 0.139. The second-order valence-corrected chi connectivity index (χ2v) is 4.62. The van der Waals surface area contributed by atoms with E-state index in [0.29, 0.717) is 6.42 Å². The molecule has 0 radical (unpaired) electrons. The van der Waals surface area contributed by atoms with Crippen molar-refractivity contribution >= 4 is 10.0 Å². The van der Waals surface area contributed by atoms with Crippen LogP contribution in [0.25, 0.3) is 0 Å². The Labute approximate surface area is 81.0 Å². The fourth-order valence-corrected chi connectivity index (χ4v) is 1.27. The maximum absolute atomic E-state index is 12.2. The van der Waals surface area contributed by atoms with Crippen molar-refractivity contribution in [1.82, 2.24) is 4.72 Å². The highest BCUT2D eigenvalue weighted by Crippen LogP contribution is 2.15. The van der Waals surface area contributed by atoms with Crippen molar-refractivity contribution in [2.45, 2.75) is 19.3 Å². The Morgan fingerprint density at radius 1 is 1.21 bits per heavy atom. The van der Waals surface area contributed by atoms with E-state index in [-0.39, 0.29) is 19.4 Å².